The molecule has 22 heavy (non-hydrogen) atoms. The van der Waals surface area contributed by atoms with Crippen molar-refractivity contribution in [2.24, 2.45) is 0 Å². The lowest BCUT2D eigenvalue weighted by Gasteiger charge is -2.35. The zero-order chi connectivity index (χ0) is 16.8. The Morgan fingerprint density at radius 2 is 1.91 bits per heavy atom. The van der Waals surface area contributed by atoms with Gasteiger partial charge in [0.25, 0.3) is 0 Å². The molecule has 0 amide bonds. The highest BCUT2D eigenvalue weighted by atomic mass is 35.5. The van der Waals surface area contributed by atoms with Crippen LogP contribution in [0.15, 0.2) is 23.1 Å². The fourth-order valence-electron chi connectivity index (χ4n) is 2.80. The SMILES string of the molecule is CCN([C@@]1(C)CCS(=O)(=O)C1)S(=O)(=O)c1ccc(Cl)c(Cl)c1. The van der Waals surface area contributed by atoms with Gasteiger partial charge < -0.3 is 0 Å². The Bertz CT molecular complexity index is 792. The lowest BCUT2D eigenvalue weighted by molar-refractivity contribution is 0.243. The zero-order valence-electron chi connectivity index (χ0n) is 12.2. The number of hydrogen-bond acceptors (Lipinski definition) is 4. The molecule has 5 nitrogen and oxygen atoms in total. The molecule has 1 aliphatic rings. The Hall–Kier alpha value is -0.340. The van der Waals surface area contributed by atoms with E-state index in [2.05, 4.69) is 0 Å². The van der Waals surface area contributed by atoms with E-state index < -0.39 is 25.4 Å². The predicted octanol–water partition coefficient (Wildman–Crippen LogP) is 2.58. The normalized spacial score (nSPS) is 24.8. The number of benzene rings is 1. The van der Waals surface area contributed by atoms with E-state index >= 15 is 0 Å². The first-order valence-corrected chi connectivity index (χ1v) is 10.7. The molecule has 0 bridgehead atoms. The largest absolute Gasteiger partial charge is 0.243 e. The Morgan fingerprint density at radius 3 is 2.36 bits per heavy atom. The van der Waals surface area contributed by atoms with Gasteiger partial charge in [-0.3, -0.25) is 0 Å². The molecule has 0 N–H and O–H groups in total. The first-order valence-electron chi connectivity index (χ1n) is 6.70. The molecule has 1 aromatic carbocycles. The molecule has 0 radical (unpaired) electrons. The molecule has 1 saturated heterocycles. The summed E-state index contributed by atoms with van der Waals surface area (Å²) in [7, 11) is -7.08. The van der Waals surface area contributed by atoms with Crippen molar-refractivity contribution in [3.8, 4) is 0 Å². The van der Waals surface area contributed by atoms with Gasteiger partial charge >= 0.3 is 0 Å². The Labute approximate surface area is 141 Å². The first-order chi connectivity index (χ1) is 10.0. The summed E-state index contributed by atoms with van der Waals surface area (Å²) in [6.07, 6.45) is 0.281. The van der Waals surface area contributed by atoms with Crippen LogP contribution < -0.4 is 0 Å². The molecule has 1 heterocycles. The molecular formula is C13H17Cl2NO4S2. The molecule has 0 saturated carbocycles. The summed E-state index contributed by atoms with van der Waals surface area (Å²) in [6.45, 7) is 3.52. The van der Waals surface area contributed by atoms with E-state index in [4.69, 9.17) is 23.2 Å². The standard InChI is InChI=1S/C13H17Cl2NO4S2/c1-3-16(13(2)6-7-21(17,18)9-13)22(19,20)10-4-5-11(14)12(15)8-10/h4-5,8H,3,6-7,9H2,1-2H3/t13-/m0/s1. The van der Waals surface area contributed by atoms with E-state index in [0.717, 1.165) is 0 Å². The third-order valence-electron chi connectivity index (χ3n) is 3.85. The fourth-order valence-corrected chi connectivity index (χ4v) is 7.22. The van der Waals surface area contributed by atoms with Gasteiger partial charge in [-0.25, -0.2) is 16.8 Å². The average molecular weight is 386 g/mol. The number of rotatable bonds is 4. The summed E-state index contributed by atoms with van der Waals surface area (Å²) in [5.41, 5.74) is -0.946. The summed E-state index contributed by atoms with van der Waals surface area (Å²) >= 11 is 11.7. The van der Waals surface area contributed by atoms with E-state index in [9.17, 15) is 16.8 Å². The van der Waals surface area contributed by atoms with E-state index in [1.165, 1.54) is 22.5 Å². The van der Waals surface area contributed by atoms with Gasteiger partial charge in [0.15, 0.2) is 9.84 Å². The highest BCUT2D eigenvalue weighted by Crippen LogP contribution is 2.35. The maximum Gasteiger partial charge on any atom is 0.243 e. The Balaban J connectivity index is 2.48. The van der Waals surface area contributed by atoms with Crippen LogP contribution in [-0.2, 0) is 19.9 Å². The maximum atomic E-state index is 12.9. The quantitative estimate of drug-likeness (QED) is 0.798. The van der Waals surface area contributed by atoms with E-state index in [-0.39, 0.29) is 39.4 Å². The molecule has 1 aliphatic heterocycles. The van der Waals surface area contributed by atoms with Crippen molar-refractivity contribution in [2.45, 2.75) is 30.7 Å². The van der Waals surface area contributed by atoms with Gasteiger partial charge in [-0.1, -0.05) is 30.1 Å². The van der Waals surface area contributed by atoms with Crippen LogP contribution in [0.2, 0.25) is 10.0 Å². The summed E-state index contributed by atoms with van der Waals surface area (Å²) in [4.78, 5) is 0.00859. The summed E-state index contributed by atoms with van der Waals surface area (Å²) in [6, 6.07) is 4.08. The van der Waals surface area contributed by atoms with Gasteiger partial charge in [0.1, 0.15) is 0 Å². The average Bonchev–Trinajstić information content (AvgIpc) is 2.67. The third kappa shape index (κ3) is 3.28. The molecule has 0 aromatic heterocycles. The molecule has 1 aromatic rings. The van der Waals surface area contributed by atoms with Crippen LogP contribution in [0.3, 0.4) is 0 Å². The molecule has 0 aliphatic carbocycles. The van der Waals surface area contributed by atoms with Crippen LogP contribution in [0.1, 0.15) is 20.3 Å². The van der Waals surface area contributed by atoms with Crippen LogP contribution >= 0.6 is 23.2 Å². The molecule has 0 spiro atoms. The molecule has 124 valence electrons. The minimum atomic E-state index is -3.86. The minimum absolute atomic E-state index is 0.00308. The van der Waals surface area contributed by atoms with Crippen molar-refractivity contribution in [1.82, 2.24) is 4.31 Å². The second-order valence-electron chi connectivity index (χ2n) is 5.58. The van der Waals surface area contributed by atoms with E-state index in [1.807, 2.05) is 0 Å². The summed E-state index contributed by atoms with van der Waals surface area (Å²) < 4.78 is 50.5. The number of sulfonamides is 1. The lowest BCUT2D eigenvalue weighted by atomic mass is 10.0. The number of hydrogen-bond donors (Lipinski definition) is 0. The van der Waals surface area contributed by atoms with Crippen LogP contribution in [0.4, 0.5) is 0 Å². The highest BCUT2D eigenvalue weighted by Gasteiger charge is 2.47. The van der Waals surface area contributed by atoms with Crippen LogP contribution in [-0.4, -0.2) is 44.7 Å². The van der Waals surface area contributed by atoms with Crippen molar-refractivity contribution in [2.75, 3.05) is 18.1 Å². The molecule has 1 atom stereocenters. The molecule has 2 rings (SSSR count). The van der Waals surface area contributed by atoms with Crippen molar-refractivity contribution in [3.63, 3.8) is 0 Å². The number of halogens is 2. The van der Waals surface area contributed by atoms with Gasteiger partial charge in [0, 0.05) is 12.1 Å². The van der Waals surface area contributed by atoms with Crippen LogP contribution in [0.5, 0.6) is 0 Å². The van der Waals surface area contributed by atoms with Crippen LogP contribution in [0.25, 0.3) is 0 Å². The van der Waals surface area contributed by atoms with Crippen molar-refractivity contribution >= 4 is 43.1 Å². The van der Waals surface area contributed by atoms with Crippen molar-refractivity contribution in [1.29, 1.82) is 0 Å². The molecule has 0 unspecified atom stereocenters. The number of nitrogens with zero attached hydrogens (tertiary/aromatic N) is 1. The number of sulfone groups is 1. The Morgan fingerprint density at radius 1 is 1.27 bits per heavy atom. The van der Waals surface area contributed by atoms with Gasteiger partial charge in [-0.05, 0) is 31.5 Å². The monoisotopic (exact) mass is 385 g/mol. The smallest absolute Gasteiger partial charge is 0.229 e. The van der Waals surface area contributed by atoms with E-state index in [1.54, 1.807) is 13.8 Å². The summed E-state index contributed by atoms with van der Waals surface area (Å²) in [5, 5.41) is 0.404. The molecular weight excluding hydrogens is 369 g/mol. The van der Waals surface area contributed by atoms with Gasteiger partial charge in [0.05, 0.1) is 26.4 Å². The zero-order valence-corrected chi connectivity index (χ0v) is 15.4. The van der Waals surface area contributed by atoms with Gasteiger partial charge in [0.2, 0.25) is 10.0 Å². The van der Waals surface area contributed by atoms with Crippen molar-refractivity contribution < 1.29 is 16.8 Å². The summed E-state index contributed by atoms with van der Waals surface area (Å²) in [5.74, 6) is -0.175. The highest BCUT2D eigenvalue weighted by molar-refractivity contribution is 7.92. The first kappa shape index (κ1) is 18.0. The lowest BCUT2D eigenvalue weighted by Crippen LogP contribution is -2.50. The Kier molecular flexibility index (Phi) is 4.86. The third-order valence-corrected chi connectivity index (χ3v) is 8.61. The fraction of sp³-hybridized carbons (Fsp3) is 0.538. The predicted molar refractivity (Wildman–Crippen MR) is 87.7 cm³/mol. The van der Waals surface area contributed by atoms with E-state index in [0.29, 0.717) is 0 Å². The maximum absolute atomic E-state index is 12.9. The van der Waals surface area contributed by atoms with Crippen LogP contribution in [0, 0.1) is 0 Å². The topological polar surface area (TPSA) is 71.5 Å². The second-order valence-corrected chi connectivity index (χ2v) is 10.4. The minimum Gasteiger partial charge on any atom is -0.229 e. The van der Waals surface area contributed by atoms with Gasteiger partial charge in [-0.2, -0.15) is 4.31 Å². The second kappa shape index (κ2) is 5.94. The molecule has 1 fully saturated rings. The molecule has 9 heteroatoms. The van der Waals surface area contributed by atoms with Crippen molar-refractivity contribution in [3.05, 3.63) is 28.2 Å². The van der Waals surface area contributed by atoms with Gasteiger partial charge in [-0.15, -0.1) is 0 Å².